The highest BCUT2D eigenvalue weighted by Crippen LogP contribution is 2.48. The normalized spacial score (nSPS) is 19.2. The molecule has 8 heteroatoms. The molecule has 2 fully saturated rings. The van der Waals surface area contributed by atoms with E-state index in [1.165, 1.54) is 18.4 Å². The summed E-state index contributed by atoms with van der Waals surface area (Å²) in [5.74, 6) is 0.666. The molecule has 0 amide bonds. The van der Waals surface area contributed by atoms with Crippen molar-refractivity contribution >= 4 is 58.0 Å². The molecule has 2 aromatic rings. The van der Waals surface area contributed by atoms with Crippen molar-refractivity contribution in [3.8, 4) is 0 Å². The van der Waals surface area contributed by atoms with Crippen LogP contribution in [-0.4, -0.2) is 48.6 Å². The average Bonchev–Trinajstić information content (AvgIpc) is 3.23. The molecule has 5 nitrogen and oxygen atoms in total. The van der Waals surface area contributed by atoms with Crippen LogP contribution in [0.2, 0.25) is 5.02 Å². The van der Waals surface area contributed by atoms with Crippen LogP contribution in [0.25, 0.3) is 0 Å². The van der Waals surface area contributed by atoms with E-state index in [0.717, 1.165) is 42.9 Å². The van der Waals surface area contributed by atoms with Gasteiger partial charge in [0.05, 0.1) is 6.54 Å². The molecule has 0 radical (unpaired) electrons. The van der Waals surface area contributed by atoms with Gasteiger partial charge in [0.1, 0.15) is 0 Å². The molecular formula is C18H23ClIN5S. The lowest BCUT2D eigenvalue weighted by Crippen LogP contribution is -2.51. The summed E-state index contributed by atoms with van der Waals surface area (Å²) >= 11 is 7.68. The van der Waals surface area contributed by atoms with Crippen LogP contribution >= 0.6 is 46.9 Å². The van der Waals surface area contributed by atoms with E-state index in [1.807, 2.05) is 23.7 Å². The Kier molecular flexibility index (Phi) is 6.29. The van der Waals surface area contributed by atoms with Crippen LogP contribution in [0.1, 0.15) is 18.4 Å². The van der Waals surface area contributed by atoms with Gasteiger partial charge in [-0.05, 0) is 30.5 Å². The third-order valence-corrected chi connectivity index (χ3v) is 6.23. The monoisotopic (exact) mass is 503 g/mol. The van der Waals surface area contributed by atoms with E-state index in [2.05, 4.69) is 26.9 Å². The highest BCUT2D eigenvalue weighted by molar-refractivity contribution is 14.0. The zero-order chi connectivity index (χ0) is 17.3. The minimum Gasteiger partial charge on any atom is -0.370 e. The van der Waals surface area contributed by atoms with Gasteiger partial charge in [0.25, 0.3) is 0 Å². The zero-order valence-electron chi connectivity index (χ0n) is 14.5. The van der Waals surface area contributed by atoms with Gasteiger partial charge >= 0.3 is 0 Å². The van der Waals surface area contributed by atoms with E-state index in [1.54, 1.807) is 11.3 Å². The van der Waals surface area contributed by atoms with Gasteiger partial charge in [0.2, 0.25) is 0 Å². The Balaban J connectivity index is 0.00000196. The first-order chi connectivity index (χ1) is 12.2. The third-order valence-electron chi connectivity index (χ3n) is 5.15. The maximum absolute atomic E-state index is 6.27. The summed E-state index contributed by atoms with van der Waals surface area (Å²) in [4.78, 5) is 13.6. The Morgan fingerprint density at radius 2 is 1.88 bits per heavy atom. The standard InChI is InChI=1S/C18H22ClN5S.HI/c19-15-3-1-14(2-4-15)18(5-6-18)13-22-16(20)23-8-10-24(11-9-23)17-21-7-12-25-17;/h1-4,7,12H,5-6,8-11,13H2,(H2,20,22);1H. The second-order valence-electron chi connectivity index (χ2n) is 6.75. The maximum atomic E-state index is 6.27. The molecule has 0 unspecified atom stereocenters. The van der Waals surface area contributed by atoms with Gasteiger partial charge in [-0.3, -0.25) is 4.99 Å². The second kappa shape index (κ2) is 8.31. The van der Waals surface area contributed by atoms with Crippen LogP contribution in [0.3, 0.4) is 0 Å². The summed E-state index contributed by atoms with van der Waals surface area (Å²) in [7, 11) is 0. The van der Waals surface area contributed by atoms with E-state index < -0.39 is 0 Å². The number of guanidine groups is 1. The quantitative estimate of drug-likeness (QED) is 0.394. The molecule has 0 spiro atoms. The highest BCUT2D eigenvalue weighted by atomic mass is 127. The van der Waals surface area contributed by atoms with Gasteiger partial charge in [0.15, 0.2) is 11.1 Å². The van der Waals surface area contributed by atoms with Crippen molar-refractivity contribution in [2.24, 2.45) is 10.7 Å². The van der Waals surface area contributed by atoms with Crippen LogP contribution < -0.4 is 10.6 Å². The predicted octanol–water partition coefficient (Wildman–Crippen LogP) is 3.58. The topological polar surface area (TPSA) is 57.8 Å². The number of benzene rings is 1. The molecule has 0 atom stereocenters. The molecule has 2 aliphatic rings. The third kappa shape index (κ3) is 4.26. The Bertz CT molecular complexity index is 737. The minimum atomic E-state index is 0. The summed E-state index contributed by atoms with van der Waals surface area (Å²) in [5.41, 5.74) is 7.76. The molecule has 26 heavy (non-hydrogen) atoms. The fourth-order valence-corrected chi connectivity index (χ4v) is 4.15. The van der Waals surface area contributed by atoms with Crippen LogP contribution in [0.4, 0.5) is 5.13 Å². The lowest BCUT2D eigenvalue weighted by molar-refractivity contribution is 0.380. The maximum Gasteiger partial charge on any atom is 0.191 e. The number of thiazole rings is 1. The van der Waals surface area contributed by atoms with Crippen molar-refractivity contribution in [2.45, 2.75) is 18.3 Å². The first kappa shape index (κ1) is 19.7. The van der Waals surface area contributed by atoms with Crippen LogP contribution in [0.15, 0.2) is 40.8 Å². The molecule has 140 valence electrons. The molecule has 1 aromatic heterocycles. The first-order valence-electron chi connectivity index (χ1n) is 8.62. The van der Waals surface area contributed by atoms with Crippen LogP contribution in [0, 0.1) is 0 Å². The van der Waals surface area contributed by atoms with E-state index in [4.69, 9.17) is 22.3 Å². The summed E-state index contributed by atoms with van der Waals surface area (Å²) in [5, 5.41) is 3.89. The fourth-order valence-electron chi connectivity index (χ4n) is 3.32. The molecule has 1 aromatic carbocycles. The van der Waals surface area contributed by atoms with E-state index in [9.17, 15) is 0 Å². The van der Waals surface area contributed by atoms with Crippen molar-refractivity contribution in [3.63, 3.8) is 0 Å². The first-order valence-corrected chi connectivity index (χ1v) is 9.87. The molecule has 2 heterocycles. The zero-order valence-corrected chi connectivity index (χ0v) is 18.4. The van der Waals surface area contributed by atoms with E-state index in [0.29, 0.717) is 5.96 Å². The van der Waals surface area contributed by atoms with Crippen LogP contribution in [-0.2, 0) is 5.41 Å². The number of halogens is 2. The number of hydrogen-bond donors (Lipinski definition) is 1. The Labute approximate surface area is 180 Å². The smallest absolute Gasteiger partial charge is 0.191 e. The van der Waals surface area contributed by atoms with Crippen molar-refractivity contribution in [1.29, 1.82) is 0 Å². The molecule has 1 aliphatic carbocycles. The summed E-state index contributed by atoms with van der Waals surface area (Å²) in [6, 6.07) is 8.16. The van der Waals surface area contributed by atoms with E-state index in [-0.39, 0.29) is 29.4 Å². The molecule has 0 bridgehead atoms. The molecule has 2 N–H and O–H groups in total. The number of nitrogens with two attached hydrogens (primary N) is 1. The minimum absolute atomic E-state index is 0. The number of anilines is 1. The highest BCUT2D eigenvalue weighted by Gasteiger charge is 2.44. The lowest BCUT2D eigenvalue weighted by Gasteiger charge is -2.35. The Morgan fingerprint density at radius 3 is 2.46 bits per heavy atom. The van der Waals surface area contributed by atoms with Gasteiger partial charge < -0.3 is 15.5 Å². The number of aromatic nitrogens is 1. The number of rotatable bonds is 4. The van der Waals surface area contributed by atoms with Crippen molar-refractivity contribution in [2.75, 3.05) is 37.6 Å². The Hall–Kier alpha value is -1.06. The molecule has 1 saturated heterocycles. The second-order valence-corrected chi connectivity index (χ2v) is 8.06. The molecule has 4 rings (SSSR count). The molecule has 1 saturated carbocycles. The summed E-state index contributed by atoms with van der Waals surface area (Å²) in [6.45, 7) is 4.41. The number of hydrogen-bond acceptors (Lipinski definition) is 4. The summed E-state index contributed by atoms with van der Waals surface area (Å²) < 4.78 is 0. The van der Waals surface area contributed by atoms with Gasteiger partial charge in [0, 0.05) is 48.2 Å². The van der Waals surface area contributed by atoms with Gasteiger partial charge in [-0.15, -0.1) is 35.3 Å². The SMILES string of the molecule is I.NC(=NCC1(c2ccc(Cl)cc2)CC1)N1CCN(c2nccs2)CC1. The lowest BCUT2D eigenvalue weighted by atomic mass is 9.96. The largest absolute Gasteiger partial charge is 0.370 e. The number of aliphatic imine (C=N–C) groups is 1. The predicted molar refractivity (Wildman–Crippen MR) is 120 cm³/mol. The number of nitrogens with zero attached hydrogens (tertiary/aromatic N) is 4. The Morgan fingerprint density at radius 1 is 1.19 bits per heavy atom. The fraction of sp³-hybridized carbons (Fsp3) is 0.444. The molecule has 1 aliphatic heterocycles. The van der Waals surface area contributed by atoms with Gasteiger partial charge in [-0.1, -0.05) is 23.7 Å². The summed E-state index contributed by atoms with van der Waals surface area (Å²) in [6.07, 6.45) is 4.19. The van der Waals surface area contributed by atoms with Gasteiger partial charge in [-0.25, -0.2) is 4.98 Å². The van der Waals surface area contributed by atoms with Crippen molar-refractivity contribution in [3.05, 3.63) is 46.4 Å². The average molecular weight is 504 g/mol. The molecular weight excluding hydrogens is 481 g/mol. The van der Waals surface area contributed by atoms with Crippen molar-refractivity contribution in [1.82, 2.24) is 9.88 Å². The number of piperazine rings is 1. The van der Waals surface area contributed by atoms with Gasteiger partial charge in [-0.2, -0.15) is 0 Å². The van der Waals surface area contributed by atoms with Crippen molar-refractivity contribution < 1.29 is 0 Å². The van der Waals surface area contributed by atoms with Crippen LogP contribution in [0.5, 0.6) is 0 Å². The van der Waals surface area contributed by atoms with E-state index >= 15 is 0 Å².